The van der Waals surface area contributed by atoms with E-state index >= 15 is 0 Å². The van der Waals surface area contributed by atoms with Crippen molar-refractivity contribution in [2.75, 3.05) is 13.7 Å². The molecule has 4 nitrogen and oxygen atoms in total. The van der Waals surface area contributed by atoms with Gasteiger partial charge in [-0.25, -0.2) is 4.79 Å². The Balaban J connectivity index is 3.01. The largest absolute Gasteiger partial charge is 0.494 e. The number of carbonyl (C=O) groups excluding carboxylic acids is 2. The molecule has 4 heteroatoms. The molecule has 0 aliphatic rings. The van der Waals surface area contributed by atoms with Crippen LogP contribution in [-0.4, -0.2) is 25.5 Å². The van der Waals surface area contributed by atoms with E-state index in [-0.39, 0.29) is 5.78 Å². The van der Waals surface area contributed by atoms with Crippen LogP contribution in [0.1, 0.15) is 28.4 Å². The van der Waals surface area contributed by atoms with E-state index in [1.165, 1.54) is 13.2 Å². The number of methoxy groups -OCH3 is 1. The van der Waals surface area contributed by atoms with Crippen molar-refractivity contribution in [2.24, 2.45) is 0 Å². The van der Waals surface area contributed by atoms with Crippen molar-refractivity contribution < 1.29 is 19.1 Å². The Morgan fingerprint density at radius 1 is 1.16 bits per heavy atom. The fourth-order valence-electron chi connectivity index (χ4n) is 1.67. The van der Waals surface area contributed by atoms with E-state index in [1.807, 2.05) is 26.8 Å². The smallest absolute Gasteiger partial charge is 0.330 e. The Hall–Kier alpha value is -2.10. The fraction of sp³-hybridized carbons (Fsp3) is 0.333. The second kappa shape index (κ2) is 6.73. The lowest BCUT2D eigenvalue weighted by atomic mass is 10.0. The number of ether oxygens (including phenoxy) is 2. The van der Waals surface area contributed by atoms with Gasteiger partial charge in [0.2, 0.25) is 0 Å². The quantitative estimate of drug-likeness (QED) is 0.465. The predicted molar refractivity (Wildman–Crippen MR) is 72.6 cm³/mol. The van der Waals surface area contributed by atoms with E-state index < -0.39 is 5.97 Å². The maximum Gasteiger partial charge on any atom is 0.330 e. The van der Waals surface area contributed by atoms with E-state index in [2.05, 4.69) is 4.74 Å². The first-order valence-corrected chi connectivity index (χ1v) is 6.04. The van der Waals surface area contributed by atoms with Crippen LogP contribution in [0.3, 0.4) is 0 Å². The molecule has 102 valence electrons. The molecule has 0 radical (unpaired) electrons. The summed E-state index contributed by atoms with van der Waals surface area (Å²) in [6, 6.07) is 3.60. The average molecular weight is 262 g/mol. The summed E-state index contributed by atoms with van der Waals surface area (Å²) in [7, 11) is 1.27. The SMILES string of the molecule is CCOc1cc(C)c(C(=O)/C=C/C(=O)OC)cc1C. The number of benzene rings is 1. The summed E-state index contributed by atoms with van der Waals surface area (Å²) in [4.78, 5) is 22.9. The Morgan fingerprint density at radius 3 is 2.42 bits per heavy atom. The van der Waals surface area contributed by atoms with Crippen molar-refractivity contribution in [3.63, 3.8) is 0 Å². The van der Waals surface area contributed by atoms with Gasteiger partial charge in [-0.15, -0.1) is 0 Å². The third-order valence-corrected chi connectivity index (χ3v) is 2.66. The highest BCUT2D eigenvalue weighted by Crippen LogP contribution is 2.23. The van der Waals surface area contributed by atoms with Crippen molar-refractivity contribution in [1.82, 2.24) is 0 Å². The first-order valence-electron chi connectivity index (χ1n) is 6.04. The highest BCUT2D eigenvalue weighted by molar-refractivity contribution is 6.08. The van der Waals surface area contributed by atoms with E-state index in [0.717, 1.165) is 23.0 Å². The van der Waals surface area contributed by atoms with Crippen molar-refractivity contribution >= 4 is 11.8 Å². The van der Waals surface area contributed by atoms with Crippen molar-refractivity contribution in [3.8, 4) is 5.75 Å². The molecule has 0 bridgehead atoms. The molecule has 0 saturated heterocycles. The van der Waals surface area contributed by atoms with Crippen LogP contribution in [-0.2, 0) is 9.53 Å². The second-order valence-electron chi connectivity index (χ2n) is 4.09. The predicted octanol–water partition coefficient (Wildman–Crippen LogP) is 2.61. The Kier molecular flexibility index (Phi) is 5.30. The highest BCUT2D eigenvalue weighted by Gasteiger charge is 2.10. The highest BCUT2D eigenvalue weighted by atomic mass is 16.5. The summed E-state index contributed by atoms with van der Waals surface area (Å²) >= 11 is 0. The number of rotatable bonds is 5. The van der Waals surface area contributed by atoms with Crippen molar-refractivity contribution in [3.05, 3.63) is 41.0 Å². The summed E-state index contributed by atoms with van der Waals surface area (Å²) < 4.78 is 9.91. The molecule has 0 saturated carbocycles. The van der Waals surface area contributed by atoms with Crippen LogP contribution in [0.5, 0.6) is 5.75 Å². The van der Waals surface area contributed by atoms with Gasteiger partial charge in [0, 0.05) is 11.6 Å². The monoisotopic (exact) mass is 262 g/mol. The van der Waals surface area contributed by atoms with E-state index in [1.54, 1.807) is 6.07 Å². The number of hydrogen-bond acceptors (Lipinski definition) is 4. The van der Waals surface area contributed by atoms with E-state index in [9.17, 15) is 9.59 Å². The molecule has 0 aliphatic carbocycles. The summed E-state index contributed by atoms with van der Waals surface area (Å²) in [5, 5.41) is 0. The molecule has 1 aromatic rings. The Bertz CT molecular complexity index is 515. The standard InChI is InChI=1S/C15H18O4/c1-5-19-14-9-10(2)12(8-11(14)3)13(16)6-7-15(17)18-4/h6-9H,5H2,1-4H3/b7-6+. The molecular weight excluding hydrogens is 244 g/mol. The van der Waals surface area contributed by atoms with Crippen LogP contribution in [0.2, 0.25) is 0 Å². The molecular formula is C15H18O4. The minimum Gasteiger partial charge on any atom is -0.494 e. The minimum absolute atomic E-state index is 0.228. The van der Waals surface area contributed by atoms with Crippen molar-refractivity contribution in [1.29, 1.82) is 0 Å². The lowest BCUT2D eigenvalue weighted by Gasteiger charge is -2.10. The molecule has 0 atom stereocenters. The summed E-state index contributed by atoms with van der Waals surface area (Å²) in [5.41, 5.74) is 2.26. The molecule has 0 aromatic heterocycles. The minimum atomic E-state index is -0.548. The average Bonchev–Trinajstić information content (AvgIpc) is 2.39. The normalized spacial score (nSPS) is 10.5. The molecule has 0 N–H and O–H groups in total. The molecule has 0 amide bonds. The second-order valence-corrected chi connectivity index (χ2v) is 4.09. The maximum absolute atomic E-state index is 12.0. The molecule has 0 heterocycles. The molecule has 0 aliphatic heterocycles. The van der Waals surface area contributed by atoms with Gasteiger partial charge >= 0.3 is 5.97 Å². The van der Waals surface area contributed by atoms with Gasteiger partial charge in [0.05, 0.1) is 13.7 Å². The zero-order valence-electron chi connectivity index (χ0n) is 11.6. The number of esters is 1. The van der Waals surface area contributed by atoms with Crippen LogP contribution in [0, 0.1) is 13.8 Å². The Labute approximate surface area is 113 Å². The molecule has 19 heavy (non-hydrogen) atoms. The summed E-state index contributed by atoms with van der Waals surface area (Å²) in [6.45, 7) is 6.20. The van der Waals surface area contributed by atoms with Gasteiger partial charge in [0.15, 0.2) is 5.78 Å². The van der Waals surface area contributed by atoms with E-state index in [0.29, 0.717) is 12.2 Å². The van der Waals surface area contributed by atoms with Gasteiger partial charge < -0.3 is 9.47 Å². The molecule has 1 aromatic carbocycles. The molecule has 0 unspecified atom stereocenters. The topological polar surface area (TPSA) is 52.6 Å². The third-order valence-electron chi connectivity index (χ3n) is 2.66. The first kappa shape index (κ1) is 15.0. The van der Waals surface area contributed by atoms with Crippen LogP contribution in [0.15, 0.2) is 24.3 Å². The van der Waals surface area contributed by atoms with Gasteiger partial charge in [0.1, 0.15) is 5.75 Å². The van der Waals surface area contributed by atoms with Crippen LogP contribution < -0.4 is 4.74 Å². The number of ketones is 1. The first-order chi connectivity index (χ1) is 8.99. The molecule has 1 rings (SSSR count). The summed E-state index contributed by atoms with van der Waals surface area (Å²) in [5.74, 6) is -0.00351. The number of hydrogen-bond donors (Lipinski definition) is 0. The zero-order chi connectivity index (χ0) is 14.4. The summed E-state index contributed by atoms with van der Waals surface area (Å²) in [6.07, 6.45) is 2.33. The molecule has 0 spiro atoms. The van der Waals surface area contributed by atoms with Gasteiger partial charge in [-0.2, -0.15) is 0 Å². The van der Waals surface area contributed by atoms with Gasteiger partial charge in [0.25, 0.3) is 0 Å². The zero-order valence-corrected chi connectivity index (χ0v) is 11.6. The van der Waals surface area contributed by atoms with E-state index in [4.69, 9.17) is 4.74 Å². The Morgan fingerprint density at radius 2 is 1.84 bits per heavy atom. The van der Waals surface area contributed by atoms with Gasteiger partial charge in [-0.05, 0) is 50.1 Å². The van der Waals surface area contributed by atoms with Crippen LogP contribution in [0.25, 0.3) is 0 Å². The van der Waals surface area contributed by atoms with Crippen LogP contribution >= 0.6 is 0 Å². The third kappa shape index (κ3) is 3.95. The lowest BCUT2D eigenvalue weighted by molar-refractivity contribution is -0.134. The van der Waals surface area contributed by atoms with Crippen LogP contribution in [0.4, 0.5) is 0 Å². The number of carbonyl (C=O) groups is 2. The fourth-order valence-corrected chi connectivity index (χ4v) is 1.67. The molecule has 0 fully saturated rings. The maximum atomic E-state index is 12.0. The number of aryl methyl sites for hydroxylation is 2. The lowest BCUT2D eigenvalue weighted by Crippen LogP contribution is -2.03. The van der Waals surface area contributed by atoms with Gasteiger partial charge in [-0.3, -0.25) is 4.79 Å². The van der Waals surface area contributed by atoms with Crippen molar-refractivity contribution in [2.45, 2.75) is 20.8 Å². The van der Waals surface area contributed by atoms with Gasteiger partial charge in [-0.1, -0.05) is 0 Å². The number of allylic oxidation sites excluding steroid dienone is 1.